The van der Waals surface area contributed by atoms with E-state index in [9.17, 15) is 18.0 Å². The minimum absolute atomic E-state index is 0.137. The molecule has 0 bridgehead atoms. The van der Waals surface area contributed by atoms with Crippen LogP contribution in [0.5, 0.6) is 0 Å². The average molecular weight is 432 g/mol. The van der Waals surface area contributed by atoms with Crippen molar-refractivity contribution in [1.82, 2.24) is 15.4 Å². The van der Waals surface area contributed by atoms with E-state index in [1.165, 1.54) is 0 Å². The maximum absolute atomic E-state index is 12.2. The third-order valence-corrected chi connectivity index (χ3v) is 5.76. The number of hydrogen-bond donors (Lipinski definition) is 3. The molecular formula is C22H29N3O4S. The molecule has 0 aromatic heterocycles. The van der Waals surface area contributed by atoms with Crippen LogP contribution in [0, 0.1) is 0 Å². The normalized spacial score (nSPS) is 11.3. The molecule has 8 heteroatoms. The highest BCUT2D eigenvalue weighted by Gasteiger charge is 2.15. The van der Waals surface area contributed by atoms with Crippen molar-refractivity contribution < 1.29 is 18.0 Å². The Morgan fingerprint density at radius 1 is 0.867 bits per heavy atom. The largest absolute Gasteiger partial charge is 0.355 e. The molecule has 30 heavy (non-hydrogen) atoms. The summed E-state index contributed by atoms with van der Waals surface area (Å²) >= 11 is 0. The molecule has 7 nitrogen and oxygen atoms in total. The lowest BCUT2D eigenvalue weighted by Crippen LogP contribution is -2.32. The Balaban J connectivity index is 1.79. The Morgan fingerprint density at radius 2 is 1.50 bits per heavy atom. The van der Waals surface area contributed by atoms with Gasteiger partial charge in [0.15, 0.2) is 0 Å². The second kappa shape index (κ2) is 11.5. The van der Waals surface area contributed by atoms with Crippen LogP contribution in [-0.4, -0.2) is 32.8 Å². The second-order valence-corrected chi connectivity index (χ2v) is 9.09. The molecule has 0 saturated carbocycles. The average Bonchev–Trinajstić information content (AvgIpc) is 2.66. The summed E-state index contributed by atoms with van der Waals surface area (Å²) < 4.78 is 27.0. The zero-order chi connectivity index (χ0) is 22.0. The third kappa shape index (κ3) is 8.75. The van der Waals surface area contributed by atoms with E-state index in [1.807, 2.05) is 30.3 Å². The number of nitrogens with one attached hydrogen (secondary N) is 3. The van der Waals surface area contributed by atoms with Crippen LogP contribution in [0.4, 0.5) is 0 Å². The molecule has 0 aliphatic heterocycles. The fourth-order valence-corrected chi connectivity index (χ4v) is 4.41. The minimum atomic E-state index is -3.45. The summed E-state index contributed by atoms with van der Waals surface area (Å²) in [5.41, 5.74) is 2.30. The Labute approximate surface area is 178 Å². The van der Waals surface area contributed by atoms with E-state index >= 15 is 0 Å². The van der Waals surface area contributed by atoms with Gasteiger partial charge in [-0.25, -0.2) is 13.1 Å². The molecule has 0 radical (unpaired) electrons. The quantitative estimate of drug-likeness (QED) is 0.505. The van der Waals surface area contributed by atoms with Gasteiger partial charge in [-0.1, -0.05) is 54.6 Å². The van der Waals surface area contributed by atoms with Crippen LogP contribution in [0.1, 0.15) is 37.0 Å². The number of hydrogen-bond acceptors (Lipinski definition) is 4. The van der Waals surface area contributed by atoms with Gasteiger partial charge in [0.2, 0.25) is 21.8 Å². The highest BCUT2D eigenvalue weighted by molar-refractivity contribution is 7.88. The first-order chi connectivity index (χ1) is 14.2. The summed E-state index contributed by atoms with van der Waals surface area (Å²) in [6.07, 6.45) is 0.421. The lowest BCUT2D eigenvalue weighted by molar-refractivity contribution is -0.122. The molecule has 2 rings (SSSR count). The van der Waals surface area contributed by atoms with Crippen LogP contribution in [0.25, 0.3) is 0 Å². The highest BCUT2D eigenvalue weighted by atomic mass is 32.2. The van der Waals surface area contributed by atoms with E-state index in [0.29, 0.717) is 5.56 Å². The lowest BCUT2D eigenvalue weighted by Gasteiger charge is -2.13. The predicted octanol–water partition coefficient (Wildman–Crippen LogP) is 1.88. The van der Waals surface area contributed by atoms with Crippen molar-refractivity contribution in [2.75, 3.05) is 6.54 Å². The van der Waals surface area contributed by atoms with Crippen molar-refractivity contribution >= 4 is 21.8 Å². The third-order valence-electron chi connectivity index (χ3n) is 4.24. The molecule has 0 spiro atoms. The molecule has 2 aromatic carbocycles. The number of amides is 2. The van der Waals surface area contributed by atoms with Crippen LogP contribution >= 0.6 is 0 Å². The van der Waals surface area contributed by atoms with Gasteiger partial charge in [0, 0.05) is 25.6 Å². The molecule has 0 fully saturated rings. The molecule has 0 heterocycles. The van der Waals surface area contributed by atoms with Crippen molar-refractivity contribution in [3.05, 3.63) is 71.3 Å². The zero-order valence-electron chi connectivity index (χ0n) is 17.4. The van der Waals surface area contributed by atoms with Crippen LogP contribution in [-0.2, 0) is 38.3 Å². The van der Waals surface area contributed by atoms with Crippen LogP contribution < -0.4 is 15.4 Å². The smallest absolute Gasteiger partial charge is 0.224 e. The number of benzene rings is 2. The van der Waals surface area contributed by atoms with E-state index in [2.05, 4.69) is 15.4 Å². The van der Waals surface area contributed by atoms with Crippen LogP contribution in [0.3, 0.4) is 0 Å². The topological polar surface area (TPSA) is 104 Å². The van der Waals surface area contributed by atoms with Crippen molar-refractivity contribution in [2.45, 2.75) is 45.0 Å². The first-order valence-corrected chi connectivity index (χ1v) is 11.5. The van der Waals surface area contributed by atoms with Crippen molar-refractivity contribution in [1.29, 1.82) is 0 Å². The molecule has 0 aliphatic rings. The van der Waals surface area contributed by atoms with Crippen molar-refractivity contribution in [2.24, 2.45) is 0 Å². The Hall–Kier alpha value is -2.71. The lowest BCUT2D eigenvalue weighted by atomic mass is 10.1. The summed E-state index contributed by atoms with van der Waals surface area (Å²) in [5, 5.41) is 5.52. The molecule has 3 N–H and O–H groups in total. The standard InChI is InChI=1S/C22H29N3O4S/c1-17(2)25-30(28,29)16-20-11-7-6-10-19(20)15-24-21(26)12-13-23-22(27)14-18-8-4-3-5-9-18/h3-11,17,25H,12-16H2,1-2H3,(H,23,27)(H,24,26). The highest BCUT2D eigenvalue weighted by Crippen LogP contribution is 2.12. The summed E-state index contributed by atoms with van der Waals surface area (Å²) in [6, 6.07) is 16.3. The van der Waals surface area contributed by atoms with Gasteiger partial charge in [-0.2, -0.15) is 0 Å². The number of rotatable bonds is 11. The second-order valence-electron chi connectivity index (χ2n) is 7.34. The maximum atomic E-state index is 12.2. The molecule has 162 valence electrons. The van der Waals surface area contributed by atoms with E-state index in [1.54, 1.807) is 38.1 Å². The first-order valence-electron chi connectivity index (χ1n) is 9.89. The van der Waals surface area contributed by atoms with Crippen molar-refractivity contribution in [3.8, 4) is 0 Å². The van der Waals surface area contributed by atoms with Gasteiger partial charge in [-0.15, -0.1) is 0 Å². The first kappa shape index (κ1) is 23.6. The van der Waals surface area contributed by atoms with Gasteiger partial charge in [0.05, 0.1) is 12.2 Å². The molecule has 0 aliphatic carbocycles. The number of carbonyl (C=O) groups is 2. The van der Waals surface area contributed by atoms with Gasteiger partial charge >= 0.3 is 0 Å². The van der Waals surface area contributed by atoms with Gasteiger partial charge < -0.3 is 10.6 Å². The van der Waals surface area contributed by atoms with Crippen LogP contribution in [0.2, 0.25) is 0 Å². The minimum Gasteiger partial charge on any atom is -0.355 e. The van der Waals surface area contributed by atoms with E-state index in [4.69, 9.17) is 0 Å². The Kier molecular flexibility index (Phi) is 9.01. The summed E-state index contributed by atoms with van der Waals surface area (Å²) in [6.45, 7) is 4.00. The number of sulfonamides is 1. The summed E-state index contributed by atoms with van der Waals surface area (Å²) in [7, 11) is -3.45. The van der Waals surface area contributed by atoms with Gasteiger partial charge in [-0.05, 0) is 30.5 Å². The molecule has 0 saturated heterocycles. The van der Waals surface area contributed by atoms with E-state index < -0.39 is 10.0 Å². The SMILES string of the molecule is CC(C)NS(=O)(=O)Cc1ccccc1CNC(=O)CCNC(=O)Cc1ccccc1. The molecular weight excluding hydrogens is 402 g/mol. The van der Waals surface area contributed by atoms with Crippen LogP contribution in [0.15, 0.2) is 54.6 Å². The summed E-state index contributed by atoms with van der Waals surface area (Å²) in [4.78, 5) is 24.0. The molecule has 2 amide bonds. The molecule has 2 aromatic rings. The van der Waals surface area contributed by atoms with E-state index in [0.717, 1.165) is 11.1 Å². The Bertz CT molecular complexity index is 944. The van der Waals surface area contributed by atoms with E-state index in [-0.39, 0.29) is 49.5 Å². The predicted molar refractivity (Wildman–Crippen MR) is 117 cm³/mol. The van der Waals surface area contributed by atoms with Gasteiger partial charge in [0.25, 0.3) is 0 Å². The molecule has 0 atom stereocenters. The summed E-state index contributed by atoms with van der Waals surface area (Å²) in [5.74, 6) is -0.498. The maximum Gasteiger partial charge on any atom is 0.224 e. The van der Waals surface area contributed by atoms with Gasteiger partial charge in [-0.3, -0.25) is 9.59 Å². The Morgan fingerprint density at radius 3 is 2.17 bits per heavy atom. The fraction of sp³-hybridized carbons (Fsp3) is 0.364. The van der Waals surface area contributed by atoms with Gasteiger partial charge in [0.1, 0.15) is 0 Å². The number of carbonyl (C=O) groups excluding carboxylic acids is 2. The zero-order valence-corrected chi connectivity index (χ0v) is 18.2. The van der Waals surface area contributed by atoms with Crippen molar-refractivity contribution in [3.63, 3.8) is 0 Å². The fourth-order valence-electron chi connectivity index (χ4n) is 2.92. The monoisotopic (exact) mass is 431 g/mol. The molecule has 0 unspecified atom stereocenters.